The molecule has 2 N–H and O–H groups in total. The van der Waals surface area contributed by atoms with Crippen molar-refractivity contribution in [1.29, 1.82) is 0 Å². The minimum atomic E-state index is -3.80. The van der Waals surface area contributed by atoms with Crippen LogP contribution in [0.3, 0.4) is 0 Å². The summed E-state index contributed by atoms with van der Waals surface area (Å²) >= 11 is 0. The Morgan fingerprint density at radius 3 is 2.27 bits per heavy atom. The van der Waals surface area contributed by atoms with Gasteiger partial charge in [-0.3, -0.25) is 4.79 Å². The Morgan fingerprint density at radius 1 is 0.939 bits per heavy atom. The number of aryl methyl sites for hydroxylation is 1. The third kappa shape index (κ3) is 5.73. The smallest absolute Gasteiger partial charge is 0.243 e. The highest BCUT2D eigenvalue weighted by Crippen LogP contribution is 2.36. The molecule has 33 heavy (non-hydrogen) atoms. The van der Waals surface area contributed by atoms with Crippen molar-refractivity contribution in [3.05, 3.63) is 77.9 Å². The number of para-hydroxylation sites is 2. The van der Waals surface area contributed by atoms with Gasteiger partial charge < -0.3 is 15.4 Å². The van der Waals surface area contributed by atoms with E-state index in [1.807, 2.05) is 31.2 Å². The molecule has 0 unspecified atom stereocenters. The molecule has 0 bridgehead atoms. The first-order valence-electron chi connectivity index (χ1n) is 10.9. The fraction of sp³-hybridized carbons (Fsp3) is 0.269. The number of ether oxygens (including phenoxy) is 1. The van der Waals surface area contributed by atoms with Crippen molar-refractivity contribution < 1.29 is 17.9 Å². The van der Waals surface area contributed by atoms with Crippen molar-refractivity contribution in [2.45, 2.75) is 43.4 Å². The third-order valence-electron chi connectivity index (χ3n) is 5.18. The molecule has 0 saturated carbocycles. The second kappa shape index (κ2) is 10.5. The number of benzene rings is 3. The molecule has 1 amide bonds. The maximum Gasteiger partial charge on any atom is 0.243 e. The zero-order valence-corrected chi connectivity index (χ0v) is 20.2. The number of sulfone groups is 1. The molecule has 6 nitrogen and oxygen atoms in total. The summed E-state index contributed by atoms with van der Waals surface area (Å²) in [7, 11) is -3.80. The fourth-order valence-corrected chi connectivity index (χ4v) is 4.91. The molecular formula is C26H30N2O4S. The van der Waals surface area contributed by atoms with Crippen molar-refractivity contribution in [3.8, 4) is 5.75 Å². The van der Waals surface area contributed by atoms with Crippen LogP contribution < -0.4 is 15.4 Å². The molecular weight excluding hydrogens is 436 g/mol. The molecule has 7 heteroatoms. The summed E-state index contributed by atoms with van der Waals surface area (Å²) in [6.45, 7) is 8.06. The van der Waals surface area contributed by atoms with Crippen LogP contribution in [-0.2, 0) is 14.6 Å². The van der Waals surface area contributed by atoms with E-state index in [9.17, 15) is 13.2 Å². The van der Waals surface area contributed by atoms with Crippen LogP contribution in [0.1, 0.15) is 37.8 Å². The van der Waals surface area contributed by atoms with Gasteiger partial charge in [0.05, 0.1) is 23.7 Å². The van der Waals surface area contributed by atoms with Crippen molar-refractivity contribution >= 4 is 27.1 Å². The van der Waals surface area contributed by atoms with Gasteiger partial charge in [-0.2, -0.15) is 0 Å². The van der Waals surface area contributed by atoms with Crippen LogP contribution in [-0.4, -0.2) is 27.5 Å². The molecule has 3 rings (SSSR count). The van der Waals surface area contributed by atoms with E-state index < -0.39 is 9.84 Å². The standard InChI is InChI=1S/C26H30N2O4S/c1-5-32-26-23(27-17-25(29)28-22-10-7-6-9-21(22)18(2)3)11-8-12-24(26)33(30,31)20-15-13-19(4)14-16-20/h6-16,18,27H,5,17H2,1-4H3,(H,28,29). The van der Waals surface area contributed by atoms with E-state index in [1.165, 1.54) is 6.07 Å². The number of amides is 1. The van der Waals surface area contributed by atoms with E-state index in [4.69, 9.17) is 4.74 Å². The van der Waals surface area contributed by atoms with E-state index >= 15 is 0 Å². The summed E-state index contributed by atoms with van der Waals surface area (Å²) < 4.78 is 32.3. The number of rotatable bonds is 9. The van der Waals surface area contributed by atoms with Crippen LogP contribution in [0.5, 0.6) is 5.75 Å². The molecule has 0 aliphatic rings. The molecule has 0 heterocycles. The lowest BCUT2D eigenvalue weighted by Crippen LogP contribution is -2.23. The van der Waals surface area contributed by atoms with Crippen molar-refractivity contribution in [1.82, 2.24) is 0 Å². The maximum atomic E-state index is 13.3. The number of hydrogen-bond acceptors (Lipinski definition) is 5. The quantitative estimate of drug-likeness (QED) is 0.441. The number of nitrogens with one attached hydrogen (secondary N) is 2. The maximum absolute atomic E-state index is 13.3. The zero-order valence-electron chi connectivity index (χ0n) is 19.4. The Balaban J connectivity index is 1.84. The van der Waals surface area contributed by atoms with E-state index in [1.54, 1.807) is 43.3 Å². The Morgan fingerprint density at radius 2 is 1.61 bits per heavy atom. The van der Waals surface area contributed by atoms with Gasteiger partial charge in [0.25, 0.3) is 0 Å². The minimum Gasteiger partial charge on any atom is -0.490 e. The van der Waals surface area contributed by atoms with Gasteiger partial charge in [-0.15, -0.1) is 0 Å². The van der Waals surface area contributed by atoms with Crippen LogP contribution in [0.4, 0.5) is 11.4 Å². The van der Waals surface area contributed by atoms with E-state index in [-0.39, 0.29) is 40.5 Å². The van der Waals surface area contributed by atoms with Crippen LogP contribution in [0.25, 0.3) is 0 Å². The second-order valence-corrected chi connectivity index (χ2v) is 9.94. The largest absolute Gasteiger partial charge is 0.490 e. The Labute approximate surface area is 195 Å². The highest BCUT2D eigenvalue weighted by molar-refractivity contribution is 7.91. The first kappa shape index (κ1) is 24.3. The van der Waals surface area contributed by atoms with Crippen molar-refractivity contribution in [3.63, 3.8) is 0 Å². The lowest BCUT2D eigenvalue weighted by Gasteiger charge is -2.17. The number of carbonyl (C=O) groups is 1. The minimum absolute atomic E-state index is 0.0411. The molecule has 0 fully saturated rings. The van der Waals surface area contributed by atoms with Gasteiger partial charge in [0.2, 0.25) is 15.7 Å². The van der Waals surface area contributed by atoms with Crippen LogP contribution in [0.15, 0.2) is 76.5 Å². The van der Waals surface area contributed by atoms with Gasteiger partial charge in [-0.05, 0) is 55.7 Å². The summed E-state index contributed by atoms with van der Waals surface area (Å²) in [5.41, 5.74) is 3.23. The molecule has 0 aliphatic heterocycles. The molecule has 0 saturated heterocycles. The lowest BCUT2D eigenvalue weighted by atomic mass is 10.0. The highest BCUT2D eigenvalue weighted by atomic mass is 32.2. The molecule has 0 atom stereocenters. The van der Waals surface area contributed by atoms with Gasteiger partial charge in [-0.25, -0.2) is 8.42 Å². The summed E-state index contributed by atoms with van der Waals surface area (Å²) in [6, 6.07) is 19.2. The molecule has 0 radical (unpaired) electrons. The summed E-state index contributed by atoms with van der Waals surface area (Å²) in [5, 5.41) is 5.97. The Hall–Kier alpha value is -3.32. The number of anilines is 2. The fourth-order valence-electron chi connectivity index (χ4n) is 3.49. The van der Waals surface area contributed by atoms with E-state index in [2.05, 4.69) is 24.5 Å². The van der Waals surface area contributed by atoms with Crippen molar-refractivity contribution in [2.24, 2.45) is 0 Å². The topological polar surface area (TPSA) is 84.5 Å². The summed E-state index contributed by atoms with van der Waals surface area (Å²) in [5.74, 6) is 0.232. The molecule has 0 aliphatic carbocycles. The second-order valence-electron chi connectivity index (χ2n) is 8.03. The average molecular weight is 467 g/mol. The molecule has 174 valence electrons. The molecule has 3 aromatic rings. The first-order chi connectivity index (χ1) is 15.7. The highest BCUT2D eigenvalue weighted by Gasteiger charge is 2.24. The van der Waals surface area contributed by atoms with Crippen molar-refractivity contribution in [2.75, 3.05) is 23.8 Å². The van der Waals surface area contributed by atoms with E-state index in [0.717, 1.165) is 16.8 Å². The predicted molar refractivity (Wildman–Crippen MR) is 132 cm³/mol. The van der Waals surface area contributed by atoms with Crippen LogP contribution >= 0.6 is 0 Å². The average Bonchev–Trinajstić information content (AvgIpc) is 2.79. The van der Waals surface area contributed by atoms with Crippen LogP contribution in [0.2, 0.25) is 0 Å². The van der Waals surface area contributed by atoms with E-state index in [0.29, 0.717) is 5.69 Å². The molecule has 0 aromatic heterocycles. The molecule has 3 aromatic carbocycles. The predicted octanol–water partition coefficient (Wildman–Crippen LogP) is 5.40. The Kier molecular flexibility index (Phi) is 7.76. The van der Waals surface area contributed by atoms with Gasteiger partial charge in [0.1, 0.15) is 4.90 Å². The van der Waals surface area contributed by atoms with Gasteiger partial charge in [0.15, 0.2) is 5.75 Å². The lowest BCUT2D eigenvalue weighted by molar-refractivity contribution is -0.114. The zero-order chi connectivity index (χ0) is 24.0. The van der Waals surface area contributed by atoms with Crippen LogP contribution in [0, 0.1) is 6.92 Å². The Bertz CT molecular complexity index is 1220. The summed E-state index contributed by atoms with van der Waals surface area (Å²) in [4.78, 5) is 12.9. The number of carbonyl (C=O) groups excluding carboxylic acids is 1. The van der Waals surface area contributed by atoms with Gasteiger partial charge >= 0.3 is 0 Å². The first-order valence-corrected chi connectivity index (χ1v) is 12.4. The third-order valence-corrected chi connectivity index (χ3v) is 6.98. The SMILES string of the molecule is CCOc1c(NCC(=O)Nc2ccccc2C(C)C)cccc1S(=O)(=O)c1ccc(C)cc1. The molecule has 0 spiro atoms. The normalized spacial score (nSPS) is 11.3. The van der Waals surface area contributed by atoms with Gasteiger partial charge in [0, 0.05) is 5.69 Å². The number of hydrogen-bond donors (Lipinski definition) is 2. The summed E-state index contributed by atoms with van der Waals surface area (Å²) in [6.07, 6.45) is 0. The van der Waals surface area contributed by atoms with Gasteiger partial charge in [-0.1, -0.05) is 55.8 Å². The monoisotopic (exact) mass is 466 g/mol.